The minimum atomic E-state index is -1.50. The van der Waals surface area contributed by atoms with Crippen LogP contribution in [0, 0.1) is 0 Å². The normalized spacial score (nSPS) is 13.1. The summed E-state index contributed by atoms with van der Waals surface area (Å²) in [6, 6.07) is 0. The first-order valence-electron chi connectivity index (χ1n) is 15.7. The molecule has 0 amide bonds. The molecule has 0 saturated heterocycles. The number of hydrogen-bond donors (Lipinski definition) is 1. The molecule has 9 heteroatoms. The Hall–Kier alpha value is -1.71. The number of carboxylic acids is 1. The summed E-state index contributed by atoms with van der Waals surface area (Å²) in [5.74, 6) is -2.02. The zero-order valence-corrected chi connectivity index (χ0v) is 26.3. The van der Waals surface area contributed by atoms with Gasteiger partial charge in [-0.05, 0) is 12.8 Å². The first-order valence-corrected chi connectivity index (χ1v) is 15.7. The molecule has 9 nitrogen and oxygen atoms in total. The lowest BCUT2D eigenvalue weighted by atomic mass is 10.1. The second-order valence-corrected chi connectivity index (χ2v) is 11.8. The molecule has 0 aromatic rings. The van der Waals surface area contributed by atoms with Gasteiger partial charge in [-0.15, -0.1) is 0 Å². The maximum Gasteiger partial charge on any atom is 0.361 e. The van der Waals surface area contributed by atoms with Crippen molar-refractivity contribution >= 4 is 17.9 Å². The molecular weight excluding hydrogens is 514 g/mol. The Labute approximate surface area is 243 Å². The molecule has 0 aliphatic rings. The molecule has 0 heterocycles. The second-order valence-electron chi connectivity index (χ2n) is 11.8. The van der Waals surface area contributed by atoms with E-state index in [2.05, 4.69) is 13.8 Å². The lowest BCUT2D eigenvalue weighted by molar-refractivity contribution is -0.870. The van der Waals surface area contributed by atoms with Crippen LogP contribution >= 0.6 is 0 Å². The largest absolute Gasteiger partial charge is 0.477 e. The predicted molar refractivity (Wildman–Crippen MR) is 157 cm³/mol. The van der Waals surface area contributed by atoms with Gasteiger partial charge in [-0.2, -0.15) is 0 Å². The molecule has 0 aliphatic carbocycles. The van der Waals surface area contributed by atoms with Crippen LogP contribution in [0.2, 0.25) is 0 Å². The van der Waals surface area contributed by atoms with Gasteiger partial charge < -0.3 is 28.5 Å². The highest BCUT2D eigenvalue weighted by Gasteiger charge is 2.25. The van der Waals surface area contributed by atoms with Crippen molar-refractivity contribution in [3.8, 4) is 0 Å². The fourth-order valence-electron chi connectivity index (χ4n) is 4.07. The topological polar surface area (TPSA) is 108 Å². The summed E-state index contributed by atoms with van der Waals surface area (Å²) >= 11 is 0. The quantitative estimate of drug-likeness (QED) is 0.0505. The number of nitrogens with zero attached hydrogens (tertiary/aromatic N) is 1. The van der Waals surface area contributed by atoms with Gasteiger partial charge in [-0.1, -0.05) is 97.3 Å². The molecule has 1 N–H and O–H groups in total. The van der Waals surface area contributed by atoms with E-state index in [-0.39, 0.29) is 32.2 Å². The molecule has 0 aromatic heterocycles. The number of carbonyl (C=O) groups is 3. The summed E-state index contributed by atoms with van der Waals surface area (Å²) in [4.78, 5) is 36.3. The van der Waals surface area contributed by atoms with E-state index >= 15 is 0 Å². The molecule has 0 spiro atoms. The van der Waals surface area contributed by atoms with Crippen LogP contribution < -0.4 is 0 Å². The highest BCUT2D eigenvalue weighted by molar-refractivity contribution is 5.71. The fraction of sp³-hybridized carbons (Fsp3) is 0.903. The molecule has 0 saturated carbocycles. The standard InChI is InChI=1S/C31H59NO8/c1-6-8-10-12-13-14-15-16-18-20-22-29(34)40-27(25-38-28(33)21-19-17-11-9-7-2)26-39-31(30(35)36)37-24-23-32(3,4)5/h27,31H,6-26H2,1-5H3/p+1. The van der Waals surface area contributed by atoms with Gasteiger partial charge in [0.25, 0.3) is 6.29 Å². The van der Waals surface area contributed by atoms with Gasteiger partial charge in [0, 0.05) is 12.8 Å². The summed E-state index contributed by atoms with van der Waals surface area (Å²) < 4.78 is 22.3. The molecule has 0 aromatic carbocycles. The summed E-state index contributed by atoms with van der Waals surface area (Å²) in [7, 11) is 5.92. The van der Waals surface area contributed by atoms with E-state index in [1.807, 2.05) is 21.1 Å². The van der Waals surface area contributed by atoms with Crippen molar-refractivity contribution in [3.05, 3.63) is 0 Å². The molecule has 2 unspecified atom stereocenters. The number of esters is 2. The Morgan fingerprint density at radius 1 is 0.650 bits per heavy atom. The Balaban J connectivity index is 4.61. The number of carboxylic acid groups (broad SMARTS) is 1. The van der Waals surface area contributed by atoms with Crippen molar-refractivity contribution in [2.75, 3.05) is 47.5 Å². The second kappa shape index (κ2) is 25.0. The zero-order chi connectivity index (χ0) is 30.1. The van der Waals surface area contributed by atoms with E-state index in [9.17, 15) is 19.5 Å². The van der Waals surface area contributed by atoms with E-state index in [4.69, 9.17) is 18.9 Å². The highest BCUT2D eigenvalue weighted by atomic mass is 16.7. The van der Waals surface area contributed by atoms with E-state index in [0.29, 0.717) is 17.4 Å². The Bertz CT molecular complexity index is 650. The maximum absolute atomic E-state index is 12.5. The summed E-state index contributed by atoms with van der Waals surface area (Å²) in [6.07, 6.45) is 14.9. The Morgan fingerprint density at radius 2 is 1.12 bits per heavy atom. The van der Waals surface area contributed by atoms with Crippen molar-refractivity contribution in [1.29, 1.82) is 0 Å². The number of quaternary nitrogens is 1. The highest BCUT2D eigenvalue weighted by Crippen LogP contribution is 2.13. The molecule has 0 fully saturated rings. The maximum atomic E-state index is 12.5. The Morgan fingerprint density at radius 3 is 1.60 bits per heavy atom. The van der Waals surface area contributed by atoms with E-state index < -0.39 is 24.3 Å². The van der Waals surface area contributed by atoms with Gasteiger partial charge in [-0.25, -0.2) is 4.79 Å². The predicted octanol–water partition coefficient (Wildman–Crippen LogP) is 6.26. The minimum absolute atomic E-state index is 0.178. The SMILES string of the molecule is CCCCCCCCCCCCC(=O)OC(COC(=O)CCCCCCC)COC(OCC[N+](C)(C)C)C(=O)O. The summed E-state index contributed by atoms with van der Waals surface area (Å²) in [5.41, 5.74) is 0. The van der Waals surface area contributed by atoms with Gasteiger partial charge in [-0.3, -0.25) is 9.59 Å². The van der Waals surface area contributed by atoms with Crippen LogP contribution in [0.25, 0.3) is 0 Å². The minimum Gasteiger partial charge on any atom is -0.477 e. The van der Waals surface area contributed by atoms with Crippen molar-refractivity contribution < 1.29 is 42.9 Å². The van der Waals surface area contributed by atoms with Crippen LogP contribution in [-0.4, -0.2) is 87.4 Å². The number of likely N-dealkylation sites (N-methyl/N-ethyl adjacent to an activating group) is 1. The molecule has 40 heavy (non-hydrogen) atoms. The molecule has 2 atom stereocenters. The lowest BCUT2D eigenvalue weighted by Gasteiger charge is -2.25. The number of unbranched alkanes of at least 4 members (excludes halogenated alkanes) is 13. The van der Waals surface area contributed by atoms with E-state index in [0.717, 1.165) is 51.4 Å². The summed E-state index contributed by atoms with van der Waals surface area (Å²) in [6.45, 7) is 4.73. The number of hydrogen-bond acceptors (Lipinski definition) is 7. The van der Waals surface area contributed by atoms with Crippen LogP contribution in [0.1, 0.15) is 123 Å². The van der Waals surface area contributed by atoms with Crippen molar-refractivity contribution in [3.63, 3.8) is 0 Å². The molecular formula is C31H60NO8+. The van der Waals surface area contributed by atoms with Crippen LogP contribution in [0.5, 0.6) is 0 Å². The third-order valence-corrected chi connectivity index (χ3v) is 6.61. The average Bonchev–Trinajstić information content (AvgIpc) is 2.89. The third-order valence-electron chi connectivity index (χ3n) is 6.61. The van der Waals surface area contributed by atoms with Gasteiger partial charge in [0.1, 0.15) is 13.2 Å². The molecule has 0 bridgehead atoms. The first-order chi connectivity index (χ1) is 19.1. The molecule has 0 aliphatic heterocycles. The van der Waals surface area contributed by atoms with Gasteiger partial charge in [0.15, 0.2) is 6.10 Å². The number of carbonyl (C=O) groups excluding carboxylic acids is 2. The average molecular weight is 575 g/mol. The lowest BCUT2D eigenvalue weighted by Crippen LogP contribution is -2.40. The van der Waals surface area contributed by atoms with E-state index in [1.165, 1.54) is 44.9 Å². The smallest absolute Gasteiger partial charge is 0.361 e. The first kappa shape index (κ1) is 38.3. The number of ether oxygens (including phenoxy) is 4. The van der Waals surface area contributed by atoms with Gasteiger partial charge >= 0.3 is 17.9 Å². The molecule has 236 valence electrons. The third kappa shape index (κ3) is 25.3. The van der Waals surface area contributed by atoms with Gasteiger partial charge in [0.2, 0.25) is 0 Å². The monoisotopic (exact) mass is 574 g/mol. The fourth-order valence-corrected chi connectivity index (χ4v) is 4.07. The van der Waals surface area contributed by atoms with Crippen molar-refractivity contribution in [1.82, 2.24) is 0 Å². The van der Waals surface area contributed by atoms with E-state index in [1.54, 1.807) is 0 Å². The van der Waals surface area contributed by atoms with Crippen molar-refractivity contribution in [2.24, 2.45) is 0 Å². The molecule has 0 radical (unpaired) electrons. The van der Waals surface area contributed by atoms with Crippen molar-refractivity contribution in [2.45, 2.75) is 135 Å². The van der Waals surface area contributed by atoms with Crippen LogP contribution in [0.15, 0.2) is 0 Å². The van der Waals surface area contributed by atoms with Gasteiger partial charge in [0.05, 0.1) is 34.4 Å². The number of rotatable bonds is 28. The van der Waals surface area contributed by atoms with Crippen LogP contribution in [-0.2, 0) is 33.3 Å². The zero-order valence-electron chi connectivity index (χ0n) is 26.3. The van der Waals surface area contributed by atoms with Crippen LogP contribution in [0.4, 0.5) is 0 Å². The number of aliphatic carboxylic acids is 1. The van der Waals surface area contributed by atoms with Crippen LogP contribution in [0.3, 0.4) is 0 Å². The Kier molecular flexibility index (Phi) is 24.0. The summed E-state index contributed by atoms with van der Waals surface area (Å²) in [5, 5.41) is 9.48. The molecule has 0 rings (SSSR count).